The Morgan fingerprint density at radius 3 is 2.38 bits per heavy atom. The van der Waals surface area contributed by atoms with Crippen molar-refractivity contribution in [3.05, 3.63) is 92.4 Å². The molecule has 0 bridgehead atoms. The maximum Gasteiger partial charge on any atom is 0.180 e. The van der Waals surface area contributed by atoms with Gasteiger partial charge in [-0.15, -0.1) is 0 Å². The summed E-state index contributed by atoms with van der Waals surface area (Å²) in [6, 6.07) is 19.6. The summed E-state index contributed by atoms with van der Waals surface area (Å²) in [5, 5.41) is 5.11. The normalized spacial score (nSPS) is 11.9. The fraction of sp³-hybridized carbons (Fsp3) is 0.217. The summed E-state index contributed by atoms with van der Waals surface area (Å²) in [4.78, 5) is 0. The van der Waals surface area contributed by atoms with Crippen molar-refractivity contribution in [3.63, 3.8) is 0 Å². The predicted octanol–water partition coefficient (Wildman–Crippen LogP) is 7.09. The van der Waals surface area contributed by atoms with Crippen LogP contribution in [0, 0.1) is 0 Å². The first-order valence-corrected chi connectivity index (χ1v) is 10.3. The monoisotopic (exact) mass is 449 g/mol. The van der Waals surface area contributed by atoms with Crippen LogP contribution < -0.4 is 14.8 Å². The fourth-order valence-corrected chi connectivity index (χ4v) is 3.69. The van der Waals surface area contributed by atoms with Crippen LogP contribution in [-0.2, 0) is 13.2 Å². The van der Waals surface area contributed by atoms with Crippen LogP contribution in [0.25, 0.3) is 0 Å². The standard InChI is InChI=1S/C23H22Cl3NO2/c1-15(17-6-4-3-5-7-17)27-13-16-10-21(26)23(22(11-16)28-2)29-14-18-8-9-19(24)12-20(18)25/h3-12,15,27H,13-14H2,1-2H3/t15-/m1/s1. The van der Waals surface area contributed by atoms with Gasteiger partial charge < -0.3 is 14.8 Å². The lowest BCUT2D eigenvalue weighted by molar-refractivity contribution is 0.284. The van der Waals surface area contributed by atoms with Crippen molar-refractivity contribution in [1.29, 1.82) is 0 Å². The van der Waals surface area contributed by atoms with E-state index in [4.69, 9.17) is 44.3 Å². The van der Waals surface area contributed by atoms with Gasteiger partial charge in [0.05, 0.1) is 12.1 Å². The van der Waals surface area contributed by atoms with Gasteiger partial charge in [-0.2, -0.15) is 0 Å². The first kappa shape index (κ1) is 21.8. The zero-order valence-corrected chi connectivity index (χ0v) is 18.5. The zero-order chi connectivity index (χ0) is 20.8. The molecule has 0 radical (unpaired) electrons. The number of nitrogens with one attached hydrogen (secondary N) is 1. The molecule has 0 spiro atoms. The molecule has 0 aliphatic heterocycles. The first-order chi connectivity index (χ1) is 14.0. The molecule has 1 N–H and O–H groups in total. The van der Waals surface area contributed by atoms with E-state index in [9.17, 15) is 0 Å². The zero-order valence-electron chi connectivity index (χ0n) is 16.2. The molecular weight excluding hydrogens is 429 g/mol. The van der Waals surface area contributed by atoms with Crippen molar-refractivity contribution in [3.8, 4) is 11.5 Å². The molecule has 3 nitrogen and oxygen atoms in total. The Morgan fingerprint density at radius 1 is 0.931 bits per heavy atom. The molecule has 3 rings (SSSR count). The highest BCUT2D eigenvalue weighted by Crippen LogP contribution is 2.37. The minimum absolute atomic E-state index is 0.212. The van der Waals surface area contributed by atoms with Gasteiger partial charge in [-0.05, 0) is 42.3 Å². The highest BCUT2D eigenvalue weighted by atomic mass is 35.5. The van der Waals surface area contributed by atoms with Crippen molar-refractivity contribution in [1.82, 2.24) is 5.32 Å². The molecule has 0 aliphatic carbocycles. The van der Waals surface area contributed by atoms with Crippen molar-refractivity contribution in [2.24, 2.45) is 0 Å². The molecule has 0 saturated heterocycles. The third-order valence-electron chi connectivity index (χ3n) is 4.59. The number of halogens is 3. The van der Waals surface area contributed by atoms with Gasteiger partial charge in [-0.25, -0.2) is 0 Å². The lowest BCUT2D eigenvalue weighted by Gasteiger charge is -2.17. The number of benzene rings is 3. The van der Waals surface area contributed by atoms with Gasteiger partial charge in [0.15, 0.2) is 11.5 Å². The van der Waals surface area contributed by atoms with E-state index in [0.717, 1.165) is 11.1 Å². The summed E-state index contributed by atoms with van der Waals surface area (Å²) < 4.78 is 11.4. The number of hydrogen-bond donors (Lipinski definition) is 1. The third kappa shape index (κ3) is 5.80. The van der Waals surface area contributed by atoms with Gasteiger partial charge in [0.1, 0.15) is 6.61 Å². The summed E-state index contributed by atoms with van der Waals surface area (Å²) >= 11 is 18.7. The van der Waals surface area contributed by atoms with E-state index in [1.165, 1.54) is 5.56 Å². The second-order valence-corrected chi connectivity index (χ2v) is 7.90. The third-order valence-corrected chi connectivity index (χ3v) is 5.46. The smallest absolute Gasteiger partial charge is 0.180 e. The molecule has 0 amide bonds. The topological polar surface area (TPSA) is 30.5 Å². The van der Waals surface area contributed by atoms with E-state index in [1.807, 2.05) is 36.4 Å². The molecule has 0 fully saturated rings. The molecular formula is C23H22Cl3NO2. The van der Waals surface area contributed by atoms with Crippen LogP contribution in [0.5, 0.6) is 11.5 Å². The summed E-state index contributed by atoms with van der Waals surface area (Å²) in [7, 11) is 1.59. The maximum atomic E-state index is 6.49. The largest absolute Gasteiger partial charge is 0.493 e. The van der Waals surface area contributed by atoms with Crippen LogP contribution >= 0.6 is 34.8 Å². The van der Waals surface area contributed by atoms with Gasteiger partial charge in [0.2, 0.25) is 0 Å². The Labute approximate surface area is 186 Å². The maximum absolute atomic E-state index is 6.49. The van der Waals surface area contributed by atoms with Gasteiger partial charge in [-0.3, -0.25) is 0 Å². The molecule has 0 aromatic heterocycles. The molecule has 0 heterocycles. The van der Waals surface area contributed by atoms with Crippen LogP contribution in [0.2, 0.25) is 15.1 Å². The van der Waals surface area contributed by atoms with Crippen molar-refractivity contribution < 1.29 is 9.47 Å². The summed E-state index contributed by atoms with van der Waals surface area (Å²) in [5.74, 6) is 1.06. The van der Waals surface area contributed by atoms with Crippen molar-refractivity contribution in [2.75, 3.05) is 7.11 Å². The van der Waals surface area contributed by atoms with E-state index >= 15 is 0 Å². The summed E-state index contributed by atoms with van der Waals surface area (Å²) in [6.07, 6.45) is 0. The Bertz CT molecular complexity index is 964. The van der Waals surface area contributed by atoms with Crippen LogP contribution in [0.15, 0.2) is 60.7 Å². The number of hydrogen-bond acceptors (Lipinski definition) is 3. The van der Waals surface area contributed by atoms with Gasteiger partial charge in [-0.1, -0.05) is 71.2 Å². The molecule has 3 aromatic carbocycles. The Hall–Kier alpha value is -1.91. The Balaban J connectivity index is 1.70. The van der Waals surface area contributed by atoms with E-state index in [2.05, 4.69) is 24.4 Å². The lowest BCUT2D eigenvalue weighted by atomic mass is 10.1. The van der Waals surface area contributed by atoms with E-state index in [1.54, 1.807) is 19.2 Å². The van der Waals surface area contributed by atoms with Gasteiger partial charge >= 0.3 is 0 Å². The molecule has 1 atom stereocenters. The predicted molar refractivity (Wildman–Crippen MR) is 120 cm³/mol. The van der Waals surface area contributed by atoms with E-state index in [0.29, 0.717) is 33.1 Å². The second-order valence-electron chi connectivity index (χ2n) is 6.65. The Morgan fingerprint density at radius 2 is 1.69 bits per heavy atom. The summed E-state index contributed by atoms with van der Waals surface area (Å²) in [6.45, 7) is 3.03. The minimum atomic E-state index is 0.212. The number of methoxy groups -OCH3 is 1. The molecule has 29 heavy (non-hydrogen) atoms. The first-order valence-electron chi connectivity index (χ1n) is 9.19. The number of rotatable bonds is 8. The average molecular weight is 451 g/mol. The minimum Gasteiger partial charge on any atom is -0.493 e. The number of ether oxygens (including phenoxy) is 2. The van der Waals surface area contributed by atoms with E-state index in [-0.39, 0.29) is 12.6 Å². The van der Waals surface area contributed by atoms with Gasteiger partial charge in [0.25, 0.3) is 0 Å². The summed E-state index contributed by atoms with van der Waals surface area (Å²) in [5.41, 5.74) is 3.05. The lowest BCUT2D eigenvalue weighted by Crippen LogP contribution is -2.18. The molecule has 0 unspecified atom stereocenters. The van der Waals surface area contributed by atoms with Crippen molar-refractivity contribution in [2.45, 2.75) is 26.1 Å². The van der Waals surface area contributed by atoms with Crippen molar-refractivity contribution >= 4 is 34.8 Å². The Kier molecular flexibility index (Phi) is 7.68. The van der Waals surface area contributed by atoms with Crippen LogP contribution in [-0.4, -0.2) is 7.11 Å². The quantitative estimate of drug-likeness (QED) is 0.397. The van der Waals surface area contributed by atoms with Crippen LogP contribution in [0.4, 0.5) is 0 Å². The molecule has 0 saturated carbocycles. The molecule has 0 aliphatic rings. The highest BCUT2D eigenvalue weighted by molar-refractivity contribution is 6.35. The highest BCUT2D eigenvalue weighted by Gasteiger charge is 2.14. The van der Waals surface area contributed by atoms with Crippen LogP contribution in [0.1, 0.15) is 29.7 Å². The molecule has 3 aromatic rings. The van der Waals surface area contributed by atoms with Gasteiger partial charge in [0, 0.05) is 28.2 Å². The SMILES string of the molecule is COc1cc(CN[C@H](C)c2ccccc2)cc(Cl)c1OCc1ccc(Cl)cc1Cl. The average Bonchev–Trinajstić information content (AvgIpc) is 2.72. The van der Waals surface area contributed by atoms with E-state index < -0.39 is 0 Å². The fourth-order valence-electron chi connectivity index (χ4n) is 2.93. The van der Waals surface area contributed by atoms with Crippen LogP contribution in [0.3, 0.4) is 0 Å². The second kappa shape index (κ2) is 10.2. The molecule has 6 heteroatoms. The molecule has 152 valence electrons.